The number of nitrogens with zero attached hydrogens (tertiary/aromatic N) is 2. The van der Waals surface area contributed by atoms with Gasteiger partial charge >= 0.3 is 0 Å². The Kier molecular flexibility index (Phi) is 4.05. The molecular weight excluding hydrogens is 298 g/mol. The standard InChI is InChI=1S/C16H21N3S2/c1-2-5-13-11(4-1)10-14(20-13)16-19-18-15(21-16)6-3-9-17-12-7-8-12/h10,12,17H,1-9H2. The van der Waals surface area contributed by atoms with Gasteiger partial charge in [-0.25, -0.2) is 0 Å². The van der Waals surface area contributed by atoms with Crippen molar-refractivity contribution in [1.29, 1.82) is 0 Å². The van der Waals surface area contributed by atoms with Crippen LogP contribution >= 0.6 is 22.7 Å². The van der Waals surface area contributed by atoms with E-state index in [2.05, 4.69) is 21.6 Å². The lowest BCUT2D eigenvalue weighted by Crippen LogP contribution is -2.17. The first-order valence-corrected chi connectivity index (χ1v) is 9.69. The summed E-state index contributed by atoms with van der Waals surface area (Å²) in [6.07, 6.45) is 10.2. The first-order chi connectivity index (χ1) is 10.4. The van der Waals surface area contributed by atoms with Gasteiger partial charge in [-0.3, -0.25) is 0 Å². The molecule has 2 aliphatic rings. The molecule has 4 rings (SSSR count). The SMILES string of the molecule is c1c(-c2nnc(CCCNC3CC3)s2)sc2c1CCCC2. The Labute approximate surface area is 133 Å². The van der Waals surface area contributed by atoms with E-state index in [1.165, 1.54) is 54.8 Å². The van der Waals surface area contributed by atoms with Crippen molar-refractivity contribution in [2.75, 3.05) is 6.54 Å². The average Bonchev–Trinajstić information content (AvgIpc) is 3.04. The van der Waals surface area contributed by atoms with Crippen molar-refractivity contribution in [2.24, 2.45) is 0 Å². The second-order valence-electron chi connectivity index (χ2n) is 6.10. The van der Waals surface area contributed by atoms with Gasteiger partial charge in [0.1, 0.15) is 5.01 Å². The number of rotatable bonds is 6. The molecule has 0 radical (unpaired) electrons. The number of aromatic nitrogens is 2. The molecule has 2 aromatic rings. The minimum Gasteiger partial charge on any atom is -0.314 e. The molecule has 0 bridgehead atoms. The van der Waals surface area contributed by atoms with Crippen molar-refractivity contribution in [3.8, 4) is 9.88 Å². The van der Waals surface area contributed by atoms with Crippen LogP contribution in [-0.2, 0) is 19.3 Å². The smallest absolute Gasteiger partial charge is 0.157 e. The third-order valence-corrected chi connectivity index (χ3v) is 6.64. The molecule has 3 nitrogen and oxygen atoms in total. The first-order valence-electron chi connectivity index (χ1n) is 8.06. The summed E-state index contributed by atoms with van der Waals surface area (Å²) in [5.41, 5.74) is 1.56. The van der Waals surface area contributed by atoms with Gasteiger partial charge in [0.2, 0.25) is 0 Å². The fourth-order valence-corrected chi connectivity index (χ4v) is 5.06. The fraction of sp³-hybridized carbons (Fsp3) is 0.625. The lowest BCUT2D eigenvalue weighted by molar-refractivity contribution is 0.643. The molecule has 112 valence electrons. The zero-order valence-corrected chi connectivity index (χ0v) is 13.9. The molecule has 0 unspecified atom stereocenters. The van der Waals surface area contributed by atoms with E-state index in [9.17, 15) is 0 Å². The fourth-order valence-electron chi connectivity index (χ4n) is 2.88. The van der Waals surface area contributed by atoms with Gasteiger partial charge in [0.15, 0.2) is 5.01 Å². The molecule has 0 amide bonds. The lowest BCUT2D eigenvalue weighted by Gasteiger charge is -2.08. The third kappa shape index (κ3) is 3.35. The van der Waals surface area contributed by atoms with Crippen LogP contribution in [0.15, 0.2) is 6.07 Å². The highest BCUT2D eigenvalue weighted by Crippen LogP contribution is 2.36. The van der Waals surface area contributed by atoms with Crippen molar-refractivity contribution in [2.45, 2.75) is 57.4 Å². The maximum atomic E-state index is 4.41. The van der Waals surface area contributed by atoms with Crippen LogP contribution in [-0.4, -0.2) is 22.8 Å². The lowest BCUT2D eigenvalue weighted by atomic mass is 9.99. The molecule has 0 spiro atoms. The van der Waals surface area contributed by atoms with Crippen molar-refractivity contribution >= 4 is 22.7 Å². The van der Waals surface area contributed by atoms with Crippen LogP contribution in [0.4, 0.5) is 0 Å². The van der Waals surface area contributed by atoms with E-state index >= 15 is 0 Å². The maximum Gasteiger partial charge on any atom is 0.157 e. The Hall–Kier alpha value is -0.780. The van der Waals surface area contributed by atoms with Crippen LogP contribution in [0.5, 0.6) is 0 Å². The Bertz CT molecular complexity index is 589. The Morgan fingerprint density at radius 2 is 2.05 bits per heavy atom. The average molecular weight is 319 g/mol. The van der Waals surface area contributed by atoms with Crippen molar-refractivity contribution < 1.29 is 0 Å². The summed E-state index contributed by atoms with van der Waals surface area (Å²) >= 11 is 3.72. The van der Waals surface area contributed by atoms with E-state index in [4.69, 9.17) is 0 Å². The Morgan fingerprint density at radius 3 is 2.90 bits per heavy atom. The van der Waals surface area contributed by atoms with Gasteiger partial charge in [0.25, 0.3) is 0 Å². The summed E-state index contributed by atoms with van der Waals surface area (Å²) in [5, 5.41) is 14.7. The van der Waals surface area contributed by atoms with Crippen LogP contribution in [0, 0.1) is 0 Å². The molecule has 1 saturated carbocycles. The number of hydrogen-bond donors (Lipinski definition) is 1. The largest absolute Gasteiger partial charge is 0.314 e. The molecule has 0 aliphatic heterocycles. The second kappa shape index (κ2) is 6.15. The van der Waals surface area contributed by atoms with Gasteiger partial charge in [-0.15, -0.1) is 21.5 Å². The first kappa shape index (κ1) is 13.9. The molecule has 0 atom stereocenters. The number of hydrogen-bond acceptors (Lipinski definition) is 5. The molecule has 2 aliphatic carbocycles. The highest BCUT2D eigenvalue weighted by Gasteiger charge is 2.20. The summed E-state index contributed by atoms with van der Waals surface area (Å²) in [4.78, 5) is 2.92. The highest BCUT2D eigenvalue weighted by molar-refractivity contribution is 7.21. The molecule has 2 heterocycles. The van der Waals surface area contributed by atoms with E-state index in [1.807, 2.05) is 11.3 Å². The van der Waals surface area contributed by atoms with Gasteiger partial charge in [0.05, 0.1) is 4.88 Å². The Morgan fingerprint density at radius 1 is 1.14 bits per heavy atom. The van der Waals surface area contributed by atoms with Crippen molar-refractivity contribution in [3.63, 3.8) is 0 Å². The van der Waals surface area contributed by atoms with E-state index < -0.39 is 0 Å². The molecule has 0 aromatic carbocycles. The van der Waals surface area contributed by atoms with Gasteiger partial charge in [0, 0.05) is 17.3 Å². The molecule has 0 saturated heterocycles. The van der Waals surface area contributed by atoms with Crippen molar-refractivity contribution in [1.82, 2.24) is 15.5 Å². The molecular formula is C16H21N3S2. The second-order valence-corrected chi connectivity index (χ2v) is 8.30. The van der Waals surface area contributed by atoms with Crippen LogP contribution in [0.2, 0.25) is 0 Å². The van der Waals surface area contributed by atoms with Crippen LogP contribution in [0.25, 0.3) is 9.88 Å². The number of aryl methyl sites for hydroxylation is 3. The monoisotopic (exact) mass is 319 g/mol. The zero-order valence-electron chi connectivity index (χ0n) is 12.2. The van der Waals surface area contributed by atoms with Gasteiger partial charge in [-0.1, -0.05) is 11.3 Å². The predicted molar refractivity (Wildman–Crippen MR) is 89.2 cm³/mol. The summed E-state index contributed by atoms with van der Waals surface area (Å²) in [6.45, 7) is 1.12. The maximum absolute atomic E-state index is 4.41. The third-order valence-electron chi connectivity index (χ3n) is 4.25. The summed E-state index contributed by atoms with van der Waals surface area (Å²) in [7, 11) is 0. The quantitative estimate of drug-likeness (QED) is 0.822. The van der Waals surface area contributed by atoms with E-state index in [0.717, 1.165) is 24.0 Å². The normalized spacial score (nSPS) is 17.9. The van der Waals surface area contributed by atoms with E-state index in [-0.39, 0.29) is 0 Å². The summed E-state index contributed by atoms with van der Waals surface area (Å²) in [5.74, 6) is 0. The summed E-state index contributed by atoms with van der Waals surface area (Å²) < 4.78 is 0. The minimum absolute atomic E-state index is 0.812. The Balaban J connectivity index is 1.37. The number of nitrogens with one attached hydrogen (secondary N) is 1. The highest BCUT2D eigenvalue weighted by atomic mass is 32.1. The van der Waals surface area contributed by atoms with Gasteiger partial charge in [-0.05, 0) is 63.1 Å². The van der Waals surface area contributed by atoms with E-state index in [0.29, 0.717) is 0 Å². The number of fused-ring (bicyclic) bond motifs is 1. The van der Waals surface area contributed by atoms with Gasteiger partial charge < -0.3 is 5.32 Å². The minimum atomic E-state index is 0.812. The van der Waals surface area contributed by atoms with Crippen LogP contribution < -0.4 is 5.32 Å². The number of thiophene rings is 1. The topological polar surface area (TPSA) is 37.8 Å². The van der Waals surface area contributed by atoms with E-state index in [1.54, 1.807) is 21.8 Å². The molecule has 1 fully saturated rings. The zero-order chi connectivity index (χ0) is 14.1. The van der Waals surface area contributed by atoms with Crippen molar-refractivity contribution in [3.05, 3.63) is 21.5 Å². The molecule has 2 aromatic heterocycles. The molecule has 5 heteroatoms. The summed E-state index contributed by atoms with van der Waals surface area (Å²) in [6, 6.07) is 3.17. The van der Waals surface area contributed by atoms with Crippen LogP contribution in [0.1, 0.15) is 47.6 Å². The van der Waals surface area contributed by atoms with Gasteiger partial charge in [-0.2, -0.15) is 0 Å². The predicted octanol–water partition coefficient (Wildman–Crippen LogP) is 3.83. The van der Waals surface area contributed by atoms with Crippen LogP contribution in [0.3, 0.4) is 0 Å². The molecule has 1 N–H and O–H groups in total. The molecule has 21 heavy (non-hydrogen) atoms.